The van der Waals surface area contributed by atoms with E-state index in [0.717, 1.165) is 25.9 Å². The summed E-state index contributed by atoms with van der Waals surface area (Å²) < 4.78 is 0. The number of nitrogens with two attached hydrogens (primary N) is 1. The van der Waals surface area contributed by atoms with Gasteiger partial charge in [0.25, 0.3) is 5.91 Å². The minimum absolute atomic E-state index is 0. The monoisotopic (exact) mass is 312 g/mol. The van der Waals surface area contributed by atoms with Crippen LogP contribution in [-0.2, 0) is 0 Å². The van der Waals surface area contributed by atoms with Gasteiger partial charge in [-0.15, -0.1) is 12.4 Å². The first-order valence-electron chi connectivity index (χ1n) is 6.74. The summed E-state index contributed by atoms with van der Waals surface area (Å²) in [4.78, 5) is 25.3. The Balaban J connectivity index is 0.00000220. The van der Waals surface area contributed by atoms with E-state index < -0.39 is 6.03 Å². The van der Waals surface area contributed by atoms with Crippen LogP contribution in [0.3, 0.4) is 0 Å². The van der Waals surface area contributed by atoms with Gasteiger partial charge in [0.05, 0.1) is 0 Å². The second kappa shape index (κ2) is 7.85. The van der Waals surface area contributed by atoms with E-state index in [-0.39, 0.29) is 24.4 Å². The van der Waals surface area contributed by atoms with Gasteiger partial charge in [-0.2, -0.15) is 0 Å². The van der Waals surface area contributed by atoms with Gasteiger partial charge >= 0.3 is 6.03 Å². The molecule has 1 aliphatic rings. The summed E-state index contributed by atoms with van der Waals surface area (Å²) in [5, 5.41) is 5.60. The quantitative estimate of drug-likeness (QED) is 0.786. The zero-order valence-electron chi connectivity index (χ0n) is 12.0. The van der Waals surface area contributed by atoms with Gasteiger partial charge in [0.2, 0.25) is 0 Å². The number of likely N-dealkylation sites (N-methyl/N-ethyl adjacent to an activating group) is 1. The van der Waals surface area contributed by atoms with Crippen molar-refractivity contribution in [1.29, 1.82) is 0 Å². The van der Waals surface area contributed by atoms with Gasteiger partial charge in [0.15, 0.2) is 0 Å². The first-order valence-corrected chi connectivity index (χ1v) is 6.74. The Kier molecular flexibility index (Phi) is 6.45. The number of nitrogens with zero attached hydrogens (tertiary/aromatic N) is 1. The Morgan fingerprint density at radius 2 is 2.19 bits per heavy atom. The maximum Gasteiger partial charge on any atom is 0.316 e. The normalized spacial score (nSPS) is 17.2. The molecule has 0 aliphatic carbocycles. The van der Waals surface area contributed by atoms with Crippen molar-refractivity contribution in [2.24, 2.45) is 5.73 Å². The van der Waals surface area contributed by atoms with Gasteiger partial charge in [-0.05, 0) is 38.1 Å². The number of hydrogen-bond donors (Lipinski definition) is 3. The Morgan fingerprint density at radius 1 is 1.43 bits per heavy atom. The summed E-state index contributed by atoms with van der Waals surface area (Å²) in [7, 11) is 1.89. The average Bonchev–Trinajstić information content (AvgIpc) is 2.86. The lowest BCUT2D eigenvalue weighted by Crippen LogP contribution is -2.40. The van der Waals surface area contributed by atoms with E-state index in [9.17, 15) is 9.59 Å². The zero-order valence-corrected chi connectivity index (χ0v) is 12.8. The molecule has 7 heteroatoms. The van der Waals surface area contributed by atoms with Crippen LogP contribution < -0.4 is 16.4 Å². The number of hydrogen-bond acceptors (Lipinski definition) is 3. The first kappa shape index (κ1) is 17.3. The number of amides is 3. The van der Waals surface area contributed by atoms with Crippen molar-refractivity contribution in [3.05, 3.63) is 29.8 Å². The highest BCUT2D eigenvalue weighted by atomic mass is 35.5. The average molecular weight is 313 g/mol. The van der Waals surface area contributed by atoms with E-state index >= 15 is 0 Å². The predicted molar refractivity (Wildman–Crippen MR) is 84.9 cm³/mol. The number of urea groups is 1. The smallest absolute Gasteiger partial charge is 0.316 e. The van der Waals surface area contributed by atoms with Crippen LogP contribution >= 0.6 is 12.4 Å². The second-order valence-electron chi connectivity index (χ2n) is 4.92. The molecule has 0 aromatic heterocycles. The van der Waals surface area contributed by atoms with Gasteiger partial charge < -0.3 is 21.3 Å². The molecule has 1 fully saturated rings. The lowest BCUT2D eigenvalue weighted by Gasteiger charge is -2.24. The fourth-order valence-electron chi connectivity index (χ4n) is 2.59. The molecule has 1 aromatic carbocycles. The Bertz CT molecular complexity index is 510. The van der Waals surface area contributed by atoms with Crippen molar-refractivity contribution >= 4 is 30.0 Å². The second-order valence-corrected chi connectivity index (χ2v) is 4.92. The van der Waals surface area contributed by atoms with Crippen LogP contribution in [0.5, 0.6) is 0 Å². The third-order valence-electron chi connectivity index (χ3n) is 3.45. The molecule has 116 valence electrons. The third kappa shape index (κ3) is 4.34. The number of carbonyl (C=O) groups is 2. The molecule has 0 saturated carbocycles. The minimum Gasteiger partial charge on any atom is -0.351 e. The molecule has 2 rings (SSSR count). The molecule has 1 saturated heterocycles. The van der Waals surface area contributed by atoms with E-state index in [0.29, 0.717) is 11.3 Å². The minimum atomic E-state index is -0.635. The molecule has 6 nitrogen and oxygen atoms in total. The van der Waals surface area contributed by atoms with E-state index in [4.69, 9.17) is 5.73 Å². The number of halogens is 1. The fourth-order valence-corrected chi connectivity index (χ4v) is 2.59. The molecule has 21 heavy (non-hydrogen) atoms. The van der Waals surface area contributed by atoms with E-state index in [1.165, 1.54) is 0 Å². The van der Waals surface area contributed by atoms with Crippen LogP contribution in [0.25, 0.3) is 0 Å². The highest BCUT2D eigenvalue weighted by molar-refractivity contribution is 5.97. The van der Waals surface area contributed by atoms with Crippen molar-refractivity contribution in [1.82, 2.24) is 10.2 Å². The number of likely N-dealkylation sites (tertiary alicyclic amines) is 1. The van der Waals surface area contributed by atoms with Crippen LogP contribution in [0.4, 0.5) is 10.5 Å². The topological polar surface area (TPSA) is 87.5 Å². The molecule has 0 spiro atoms. The molecular weight excluding hydrogens is 292 g/mol. The van der Waals surface area contributed by atoms with Gasteiger partial charge in [-0.1, -0.05) is 6.07 Å². The van der Waals surface area contributed by atoms with Gasteiger partial charge in [0, 0.05) is 30.4 Å². The summed E-state index contributed by atoms with van der Waals surface area (Å²) >= 11 is 0. The first-order chi connectivity index (χ1) is 9.61. The molecule has 1 atom stereocenters. The number of anilines is 1. The molecule has 1 aliphatic heterocycles. The lowest BCUT2D eigenvalue weighted by atomic mass is 10.1. The number of rotatable bonds is 4. The van der Waals surface area contributed by atoms with E-state index in [1.54, 1.807) is 24.3 Å². The van der Waals surface area contributed by atoms with E-state index in [2.05, 4.69) is 10.6 Å². The molecule has 0 radical (unpaired) electrons. The van der Waals surface area contributed by atoms with Gasteiger partial charge in [-0.25, -0.2) is 4.79 Å². The van der Waals surface area contributed by atoms with Crippen molar-refractivity contribution in [3.8, 4) is 0 Å². The van der Waals surface area contributed by atoms with Crippen molar-refractivity contribution in [3.63, 3.8) is 0 Å². The number of carbonyl (C=O) groups excluding carboxylic acids is 2. The third-order valence-corrected chi connectivity index (χ3v) is 3.45. The Hall–Kier alpha value is -1.79. The van der Waals surface area contributed by atoms with Crippen LogP contribution in [0.1, 0.15) is 23.2 Å². The largest absolute Gasteiger partial charge is 0.351 e. The lowest BCUT2D eigenvalue weighted by molar-refractivity contribution is 0.0737. The summed E-state index contributed by atoms with van der Waals surface area (Å²) in [5.41, 5.74) is 6.18. The van der Waals surface area contributed by atoms with Gasteiger partial charge in [-0.3, -0.25) is 4.79 Å². The molecule has 3 amide bonds. The molecule has 4 N–H and O–H groups in total. The molecule has 1 heterocycles. The molecule has 1 unspecified atom stereocenters. The van der Waals surface area contributed by atoms with Crippen LogP contribution in [0, 0.1) is 0 Å². The van der Waals surface area contributed by atoms with Crippen molar-refractivity contribution < 1.29 is 9.59 Å². The summed E-state index contributed by atoms with van der Waals surface area (Å²) in [6, 6.07) is 6.45. The number of nitrogens with one attached hydrogen (secondary N) is 2. The van der Waals surface area contributed by atoms with Crippen molar-refractivity contribution in [2.75, 3.05) is 25.5 Å². The fraction of sp³-hybridized carbons (Fsp3) is 0.429. The zero-order chi connectivity index (χ0) is 14.5. The van der Waals surface area contributed by atoms with Crippen molar-refractivity contribution in [2.45, 2.75) is 18.9 Å². The van der Waals surface area contributed by atoms with E-state index in [1.807, 2.05) is 11.9 Å². The maximum atomic E-state index is 12.5. The van der Waals surface area contributed by atoms with Crippen LogP contribution in [-0.4, -0.2) is 43.0 Å². The standard InChI is InChI=1S/C14H20N4O2.ClH/c1-16-9-12-6-3-7-18(12)13(19)10-4-2-5-11(8-10)17-14(15)20;/h2,4-5,8,12,16H,3,6-7,9H2,1H3,(H3,15,17,20);1H. The highest BCUT2D eigenvalue weighted by Gasteiger charge is 2.28. The summed E-state index contributed by atoms with van der Waals surface area (Å²) in [6.45, 7) is 1.57. The summed E-state index contributed by atoms with van der Waals surface area (Å²) in [5.74, 6) is -0.00382. The Labute approximate surface area is 130 Å². The Morgan fingerprint density at radius 3 is 2.86 bits per heavy atom. The maximum absolute atomic E-state index is 12.5. The predicted octanol–water partition coefficient (Wildman–Crippen LogP) is 1.42. The summed E-state index contributed by atoms with van der Waals surface area (Å²) in [6.07, 6.45) is 2.04. The van der Waals surface area contributed by atoms with Gasteiger partial charge in [0.1, 0.15) is 0 Å². The molecule has 0 bridgehead atoms. The number of benzene rings is 1. The molecule has 1 aromatic rings. The number of primary amides is 1. The SMILES string of the molecule is CNCC1CCCN1C(=O)c1cccc(NC(N)=O)c1.Cl. The highest BCUT2D eigenvalue weighted by Crippen LogP contribution is 2.21. The van der Waals surface area contributed by atoms with Crippen LogP contribution in [0.2, 0.25) is 0 Å². The van der Waals surface area contributed by atoms with Crippen LogP contribution in [0.15, 0.2) is 24.3 Å². The molecular formula is C14H21ClN4O2.